The number of hydrogen-bond donors (Lipinski definition) is 0. The van der Waals surface area contributed by atoms with Gasteiger partial charge in [-0.2, -0.15) is 0 Å². The Labute approximate surface area is 98.9 Å². The summed E-state index contributed by atoms with van der Waals surface area (Å²) in [6, 6.07) is 1.55. The Bertz CT molecular complexity index is 604. The van der Waals surface area contributed by atoms with Crippen LogP contribution in [0.15, 0.2) is 30.6 Å². The van der Waals surface area contributed by atoms with Crippen LogP contribution in [0.4, 0.5) is 17.6 Å². The van der Waals surface area contributed by atoms with Crippen molar-refractivity contribution in [3.63, 3.8) is 0 Å². The van der Waals surface area contributed by atoms with E-state index in [1.54, 1.807) is 0 Å². The van der Waals surface area contributed by atoms with Crippen LogP contribution < -0.4 is 0 Å². The van der Waals surface area contributed by atoms with Gasteiger partial charge in [-0.15, -0.1) is 0 Å². The van der Waals surface area contributed by atoms with E-state index in [1.165, 1.54) is 0 Å². The molecular formula is C12H5F4NO. The van der Waals surface area contributed by atoms with Crippen molar-refractivity contribution in [2.24, 2.45) is 0 Å². The Morgan fingerprint density at radius 2 is 1.50 bits per heavy atom. The fraction of sp³-hybridized carbons (Fsp3) is 0. The molecule has 0 saturated heterocycles. The molecule has 2 nitrogen and oxygen atoms in total. The second kappa shape index (κ2) is 4.56. The van der Waals surface area contributed by atoms with Crippen LogP contribution >= 0.6 is 0 Å². The molecule has 6 heteroatoms. The number of pyridine rings is 1. The molecule has 0 unspecified atom stereocenters. The highest BCUT2D eigenvalue weighted by atomic mass is 19.1. The average molecular weight is 255 g/mol. The van der Waals surface area contributed by atoms with Crippen molar-refractivity contribution in [3.8, 4) is 0 Å². The summed E-state index contributed by atoms with van der Waals surface area (Å²) in [5.41, 5.74) is -1.26. The quantitative estimate of drug-likeness (QED) is 0.610. The van der Waals surface area contributed by atoms with Gasteiger partial charge in [0.1, 0.15) is 23.3 Å². The number of hydrogen-bond acceptors (Lipinski definition) is 2. The zero-order valence-corrected chi connectivity index (χ0v) is 8.75. The number of ketones is 1. The van der Waals surface area contributed by atoms with Gasteiger partial charge in [0.05, 0.1) is 11.8 Å². The molecule has 2 rings (SSSR count). The molecule has 1 heterocycles. The van der Waals surface area contributed by atoms with E-state index in [4.69, 9.17) is 0 Å². The van der Waals surface area contributed by atoms with Gasteiger partial charge in [0, 0.05) is 23.9 Å². The van der Waals surface area contributed by atoms with Gasteiger partial charge in [-0.25, -0.2) is 17.6 Å². The predicted octanol–water partition coefficient (Wildman–Crippen LogP) is 2.87. The van der Waals surface area contributed by atoms with E-state index in [-0.39, 0.29) is 5.56 Å². The Morgan fingerprint density at radius 3 is 2.06 bits per heavy atom. The minimum atomic E-state index is -1.35. The van der Waals surface area contributed by atoms with Crippen LogP contribution in [0.2, 0.25) is 0 Å². The summed E-state index contributed by atoms with van der Waals surface area (Å²) in [6.45, 7) is 0. The molecule has 0 N–H and O–H groups in total. The van der Waals surface area contributed by atoms with Crippen molar-refractivity contribution in [1.82, 2.24) is 4.98 Å². The fourth-order valence-electron chi connectivity index (χ4n) is 1.44. The third kappa shape index (κ3) is 2.22. The molecule has 0 amide bonds. The molecule has 0 aliphatic heterocycles. The van der Waals surface area contributed by atoms with E-state index >= 15 is 0 Å². The maximum Gasteiger partial charge on any atom is 0.200 e. The van der Waals surface area contributed by atoms with Gasteiger partial charge < -0.3 is 0 Å². The molecular weight excluding hydrogens is 250 g/mol. The molecule has 0 radical (unpaired) electrons. The van der Waals surface area contributed by atoms with Gasteiger partial charge in [0.2, 0.25) is 5.78 Å². The molecule has 0 aliphatic rings. The second-order valence-electron chi connectivity index (χ2n) is 3.47. The van der Waals surface area contributed by atoms with Crippen molar-refractivity contribution < 1.29 is 22.4 Å². The number of nitrogens with zero attached hydrogens (tertiary/aromatic N) is 1. The number of carbonyl (C=O) groups excluding carboxylic acids is 1. The summed E-state index contributed by atoms with van der Waals surface area (Å²) in [6.07, 6.45) is 1.81. The molecule has 0 fully saturated rings. The lowest BCUT2D eigenvalue weighted by Crippen LogP contribution is -2.09. The minimum absolute atomic E-state index is 0.320. The molecule has 0 atom stereocenters. The maximum atomic E-state index is 13.3. The molecule has 0 bridgehead atoms. The summed E-state index contributed by atoms with van der Waals surface area (Å²) in [5, 5.41) is 0. The first-order valence-electron chi connectivity index (χ1n) is 4.79. The highest BCUT2D eigenvalue weighted by Gasteiger charge is 2.20. The lowest BCUT2D eigenvalue weighted by molar-refractivity contribution is 0.103. The van der Waals surface area contributed by atoms with Gasteiger partial charge >= 0.3 is 0 Å². The summed E-state index contributed by atoms with van der Waals surface area (Å²) in [5.74, 6) is -5.75. The van der Waals surface area contributed by atoms with Gasteiger partial charge in [-0.3, -0.25) is 9.78 Å². The number of carbonyl (C=O) groups is 1. The van der Waals surface area contributed by atoms with Crippen molar-refractivity contribution in [2.75, 3.05) is 0 Å². The standard InChI is InChI=1S/C12H5F4NO/c13-7-2-9(15)11(10(16)3-7)12(18)6-1-8(14)5-17-4-6/h1-5H. The number of rotatable bonds is 2. The first kappa shape index (κ1) is 12.2. The van der Waals surface area contributed by atoms with E-state index in [0.29, 0.717) is 12.1 Å². The molecule has 92 valence electrons. The smallest absolute Gasteiger partial charge is 0.200 e. The maximum absolute atomic E-state index is 13.3. The third-order valence-electron chi connectivity index (χ3n) is 2.20. The van der Waals surface area contributed by atoms with Gasteiger partial charge in [0.25, 0.3) is 0 Å². The SMILES string of the molecule is O=C(c1cncc(F)c1)c1c(F)cc(F)cc1F. The monoisotopic (exact) mass is 255 g/mol. The predicted molar refractivity (Wildman–Crippen MR) is 53.9 cm³/mol. The molecule has 0 saturated carbocycles. The van der Waals surface area contributed by atoms with Gasteiger partial charge in [-0.1, -0.05) is 0 Å². The molecule has 1 aromatic carbocycles. The van der Waals surface area contributed by atoms with Crippen molar-refractivity contribution in [2.45, 2.75) is 0 Å². The van der Waals surface area contributed by atoms with Crippen molar-refractivity contribution in [3.05, 3.63) is 65.0 Å². The Morgan fingerprint density at radius 1 is 0.889 bits per heavy atom. The Balaban J connectivity index is 2.53. The largest absolute Gasteiger partial charge is 0.288 e. The van der Waals surface area contributed by atoms with E-state index in [9.17, 15) is 22.4 Å². The third-order valence-corrected chi connectivity index (χ3v) is 2.20. The molecule has 2 aromatic rings. The van der Waals surface area contributed by atoms with Crippen LogP contribution in [-0.2, 0) is 0 Å². The first-order chi connectivity index (χ1) is 8.49. The zero-order chi connectivity index (χ0) is 13.3. The van der Waals surface area contributed by atoms with Crippen molar-refractivity contribution >= 4 is 5.78 Å². The summed E-state index contributed by atoms with van der Waals surface area (Å²) in [7, 11) is 0. The highest BCUT2D eigenvalue weighted by molar-refractivity contribution is 6.09. The number of aromatic nitrogens is 1. The normalized spacial score (nSPS) is 10.4. The first-order valence-corrected chi connectivity index (χ1v) is 4.79. The van der Waals surface area contributed by atoms with Gasteiger partial charge in [-0.05, 0) is 6.07 Å². The zero-order valence-electron chi connectivity index (χ0n) is 8.75. The number of benzene rings is 1. The van der Waals surface area contributed by atoms with Crippen LogP contribution in [0, 0.1) is 23.3 Å². The topological polar surface area (TPSA) is 30.0 Å². The van der Waals surface area contributed by atoms with E-state index in [2.05, 4.69) is 4.98 Å². The van der Waals surface area contributed by atoms with Crippen LogP contribution in [0.25, 0.3) is 0 Å². The van der Waals surface area contributed by atoms with E-state index < -0.39 is 34.6 Å². The van der Waals surface area contributed by atoms with Crippen LogP contribution in [0.3, 0.4) is 0 Å². The average Bonchev–Trinajstić information content (AvgIpc) is 2.27. The van der Waals surface area contributed by atoms with E-state index in [0.717, 1.165) is 18.5 Å². The number of halogens is 4. The molecule has 0 aliphatic carbocycles. The summed E-state index contributed by atoms with van der Waals surface area (Å²) in [4.78, 5) is 15.1. The summed E-state index contributed by atoms with van der Waals surface area (Å²) >= 11 is 0. The fourth-order valence-corrected chi connectivity index (χ4v) is 1.44. The molecule has 0 spiro atoms. The van der Waals surface area contributed by atoms with Crippen LogP contribution in [-0.4, -0.2) is 10.8 Å². The highest BCUT2D eigenvalue weighted by Crippen LogP contribution is 2.18. The van der Waals surface area contributed by atoms with Gasteiger partial charge in [0.15, 0.2) is 0 Å². The lowest BCUT2D eigenvalue weighted by Gasteiger charge is -2.04. The summed E-state index contributed by atoms with van der Waals surface area (Å²) < 4.78 is 52.2. The minimum Gasteiger partial charge on any atom is -0.288 e. The Kier molecular flexibility index (Phi) is 3.10. The van der Waals surface area contributed by atoms with E-state index in [1.807, 2.05) is 0 Å². The second-order valence-corrected chi connectivity index (χ2v) is 3.47. The molecule has 18 heavy (non-hydrogen) atoms. The van der Waals surface area contributed by atoms with Crippen LogP contribution in [0.1, 0.15) is 15.9 Å². The van der Waals surface area contributed by atoms with Crippen molar-refractivity contribution in [1.29, 1.82) is 0 Å². The molecule has 1 aromatic heterocycles. The lowest BCUT2D eigenvalue weighted by atomic mass is 10.0. The Hall–Kier alpha value is -2.24. The van der Waals surface area contributed by atoms with Crippen LogP contribution in [0.5, 0.6) is 0 Å².